The van der Waals surface area contributed by atoms with Gasteiger partial charge in [-0.15, -0.1) is 0 Å². The van der Waals surface area contributed by atoms with Crippen molar-refractivity contribution in [1.82, 2.24) is 4.57 Å². The fourth-order valence-corrected chi connectivity index (χ4v) is 8.27. The molecule has 0 aliphatic heterocycles. The zero-order chi connectivity index (χ0) is 35.3. The van der Waals surface area contributed by atoms with Crippen molar-refractivity contribution in [3.8, 4) is 56.3 Å². The lowest BCUT2D eigenvalue weighted by Gasteiger charge is -2.18. The van der Waals surface area contributed by atoms with Gasteiger partial charge in [0, 0.05) is 16.5 Å². The Hall–Kier alpha value is -7.21. The monoisotopic (exact) mass is 672 g/mol. The minimum absolute atomic E-state index is 0.652. The lowest BCUT2D eigenvalue weighted by atomic mass is 9.85. The Morgan fingerprint density at radius 1 is 0.340 bits per heavy atom. The van der Waals surface area contributed by atoms with Crippen molar-refractivity contribution in [2.45, 2.75) is 0 Å². The molecule has 10 rings (SSSR count). The average molecular weight is 673 g/mol. The van der Waals surface area contributed by atoms with Crippen LogP contribution in [-0.4, -0.2) is 4.57 Å². The molecule has 10 aromatic rings. The summed E-state index contributed by atoms with van der Waals surface area (Å²) < 4.78 is 2.32. The molecule has 2 nitrogen and oxygen atoms in total. The first-order chi connectivity index (χ1) is 26.3. The molecule has 246 valence electrons. The Morgan fingerprint density at radius 2 is 0.792 bits per heavy atom. The first-order valence-corrected chi connectivity index (χ1v) is 18.0. The van der Waals surface area contributed by atoms with E-state index in [0.717, 1.165) is 27.9 Å². The first kappa shape index (κ1) is 30.6. The Balaban J connectivity index is 1.04. The van der Waals surface area contributed by atoms with E-state index in [4.69, 9.17) is 0 Å². The summed E-state index contributed by atoms with van der Waals surface area (Å²) in [5.74, 6) is 0. The van der Waals surface area contributed by atoms with Crippen molar-refractivity contribution in [3.05, 3.63) is 200 Å². The van der Waals surface area contributed by atoms with Gasteiger partial charge in [-0.1, -0.05) is 164 Å². The van der Waals surface area contributed by atoms with Gasteiger partial charge in [0.05, 0.1) is 22.7 Å². The van der Waals surface area contributed by atoms with Crippen LogP contribution in [0.4, 0.5) is 0 Å². The Morgan fingerprint density at radius 3 is 1.36 bits per heavy atom. The smallest absolute Gasteiger partial charge is 0.0998 e. The third-order valence-electron chi connectivity index (χ3n) is 10.6. The van der Waals surface area contributed by atoms with Gasteiger partial charge in [-0.05, 0) is 96.4 Å². The minimum Gasteiger partial charge on any atom is -0.309 e. The summed E-state index contributed by atoms with van der Waals surface area (Å²) in [7, 11) is 0. The van der Waals surface area contributed by atoms with Crippen LogP contribution in [0.3, 0.4) is 0 Å². The van der Waals surface area contributed by atoms with Crippen LogP contribution < -0.4 is 0 Å². The number of benzene rings is 9. The second-order valence-corrected chi connectivity index (χ2v) is 13.6. The van der Waals surface area contributed by atoms with E-state index >= 15 is 0 Å². The zero-order valence-corrected chi connectivity index (χ0v) is 28.9. The van der Waals surface area contributed by atoms with Crippen LogP contribution in [0.2, 0.25) is 0 Å². The third-order valence-corrected chi connectivity index (χ3v) is 10.6. The quantitative estimate of drug-likeness (QED) is 0.167. The number of aromatic nitrogens is 1. The zero-order valence-electron chi connectivity index (χ0n) is 28.9. The highest BCUT2D eigenvalue weighted by Crippen LogP contribution is 2.44. The summed E-state index contributed by atoms with van der Waals surface area (Å²) in [6, 6.07) is 71.4. The Kier molecular flexibility index (Phi) is 7.23. The molecule has 0 aliphatic rings. The van der Waals surface area contributed by atoms with Gasteiger partial charge in [0.15, 0.2) is 0 Å². The van der Waals surface area contributed by atoms with Crippen LogP contribution >= 0.6 is 0 Å². The second-order valence-electron chi connectivity index (χ2n) is 13.6. The number of fused-ring (bicyclic) bond motifs is 5. The van der Waals surface area contributed by atoms with Gasteiger partial charge in [-0.2, -0.15) is 5.26 Å². The van der Waals surface area contributed by atoms with Crippen LogP contribution in [0.5, 0.6) is 0 Å². The molecule has 0 saturated carbocycles. The van der Waals surface area contributed by atoms with Gasteiger partial charge in [0.25, 0.3) is 0 Å². The predicted molar refractivity (Wildman–Crippen MR) is 222 cm³/mol. The van der Waals surface area contributed by atoms with Crippen LogP contribution in [0, 0.1) is 11.3 Å². The molecule has 0 saturated heterocycles. The van der Waals surface area contributed by atoms with E-state index < -0.39 is 0 Å². The first-order valence-electron chi connectivity index (χ1n) is 18.0. The maximum atomic E-state index is 10.4. The summed E-state index contributed by atoms with van der Waals surface area (Å²) in [5.41, 5.74) is 13.0. The summed E-state index contributed by atoms with van der Waals surface area (Å²) in [4.78, 5) is 0. The normalized spacial score (nSPS) is 11.4. The van der Waals surface area contributed by atoms with Gasteiger partial charge in [0.1, 0.15) is 0 Å². The Labute approximate surface area is 308 Å². The van der Waals surface area contributed by atoms with Gasteiger partial charge in [-0.3, -0.25) is 0 Å². The molecule has 0 unspecified atom stereocenters. The summed E-state index contributed by atoms with van der Waals surface area (Å²) >= 11 is 0. The standard InChI is InChI=1S/C51H32N2/c52-33-39-31-37(29-30-41(39)38-15-12-16-40(32-38)53-48-23-10-8-17-42(48)43-18-9-11-24-49(43)53)34-25-27-36(28-26-34)51-46-21-6-4-19-44(46)50(35-13-2-1-3-14-35)45-20-5-7-22-47(45)51/h1-32H. The van der Waals surface area contributed by atoms with Crippen LogP contribution in [0.25, 0.3) is 93.5 Å². The SMILES string of the molecule is N#Cc1cc(-c2ccc(-c3c4ccccc4c(-c4ccccc4)c4ccccc34)cc2)ccc1-c1cccc(-n2c3ccccc3c3ccccc32)c1. The lowest BCUT2D eigenvalue weighted by molar-refractivity contribution is 1.18. The maximum absolute atomic E-state index is 10.4. The molecule has 0 N–H and O–H groups in total. The molecule has 2 heteroatoms. The number of hydrogen-bond acceptors (Lipinski definition) is 1. The minimum atomic E-state index is 0.652. The van der Waals surface area contributed by atoms with Crippen molar-refractivity contribution in [1.29, 1.82) is 5.26 Å². The summed E-state index contributed by atoms with van der Waals surface area (Å²) in [6.45, 7) is 0. The van der Waals surface area contributed by atoms with Crippen LogP contribution in [-0.2, 0) is 0 Å². The molecule has 0 spiro atoms. The number of para-hydroxylation sites is 2. The number of nitriles is 1. The topological polar surface area (TPSA) is 28.7 Å². The van der Waals surface area contributed by atoms with Crippen molar-refractivity contribution in [2.75, 3.05) is 0 Å². The predicted octanol–water partition coefficient (Wildman–Crippen LogP) is 13.6. The van der Waals surface area contributed by atoms with E-state index in [-0.39, 0.29) is 0 Å². The highest BCUT2D eigenvalue weighted by molar-refractivity contribution is 6.21. The van der Waals surface area contributed by atoms with E-state index in [0.29, 0.717) is 5.56 Å². The van der Waals surface area contributed by atoms with Crippen molar-refractivity contribution >= 4 is 43.4 Å². The summed E-state index contributed by atoms with van der Waals surface area (Å²) in [6.07, 6.45) is 0. The van der Waals surface area contributed by atoms with E-state index in [1.54, 1.807) is 0 Å². The van der Waals surface area contributed by atoms with Crippen LogP contribution in [0.15, 0.2) is 194 Å². The molecule has 0 atom stereocenters. The van der Waals surface area contributed by atoms with E-state index in [2.05, 4.69) is 199 Å². The highest BCUT2D eigenvalue weighted by atomic mass is 15.0. The lowest BCUT2D eigenvalue weighted by Crippen LogP contribution is -1.95. The molecule has 53 heavy (non-hydrogen) atoms. The van der Waals surface area contributed by atoms with E-state index in [9.17, 15) is 5.26 Å². The van der Waals surface area contributed by atoms with E-state index in [1.165, 1.54) is 65.6 Å². The average Bonchev–Trinajstić information content (AvgIpc) is 3.57. The molecule has 0 amide bonds. The molecular weight excluding hydrogens is 641 g/mol. The molecule has 0 aliphatic carbocycles. The van der Waals surface area contributed by atoms with Gasteiger partial charge < -0.3 is 4.57 Å². The van der Waals surface area contributed by atoms with Crippen molar-refractivity contribution in [2.24, 2.45) is 0 Å². The van der Waals surface area contributed by atoms with Gasteiger partial charge >= 0.3 is 0 Å². The molecule has 1 aromatic heterocycles. The molecular formula is C51H32N2. The fraction of sp³-hybridized carbons (Fsp3) is 0. The molecule has 0 fully saturated rings. The fourth-order valence-electron chi connectivity index (χ4n) is 8.27. The van der Waals surface area contributed by atoms with Crippen molar-refractivity contribution < 1.29 is 0 Å². The number of rotatable bonds is 5. The summed E-state index contributed by atoms with van der Waals surface area (Å²) in [5, 5.41) is 17.8. The van der Waals surface area contributed by atoms with Gasteiger partial charge in [0.2, 0.25) is 0 Å². The molecule has 0 radical (unpaired) electrons. The molecule has 9 aromatic carbocycles. The van der Waals surface area contributed by atoms with Crippen LogP contribution in [0.1, 0.15) is 5.56 Å². The van der Waals surface area contributed by atoms with Gasteiger partial charge in [-0.25, -0.2) is 0 Å². The third kappa shape index (κ3) is 5.02. The maximum Gasteiger partial charge on any atom is 0.0998 e. The second kappa shape index (κ2) is 12.5. The molecule has 0 bridgehead atoms. The largest absolute Gasteiger partial charge is 0.309 e. The number of hydrogen-bond donors (Lipinski definition) is 0. The number of nitrogens with zero attached hydrogens (tertiary/aromatic N) is 2. The molecule has 1 heterocycles. The van der Waals surface area contributed by atoms with E-state index in [1.807, 2.05) is 6.07 Å². The van der Waals surface area contributed by atoms with Crippen molar-refractivity contribution in [3.63, 3.8) is 0 Å². The Bertz CT molecular complexity index is 2940. The highest BCUT2D eigenvalue weighted by Gasteiger charge is 2.17.